The summed E-state index contributed by atoms with van der Waals surface area (Å²) < 4.78 is 15.2. The van der Waals surface area contributed by atoms with Crippen molar-refractivity contribution in [2.24, 2.45) is 0 Å². The molecule has 8 nitrogen and oxygen atoms in total. The number of hydrogen-bond donors (Lipinski definition) is 2. The molecule has 2 amide bonds. The van der Waals surface area contributed by atoms with Crippen molar-refractivity contribution in [2.75, 3.05) is 52.7 Å². The maximum atomic E-state index is 11.4. The Morgan fingerprint density at radius 2 is 1.50 bits per heavy atom. The molecule has 22 heavy (non-hydrogen) atoms. The number of carbonyl (C=O) groups is 3. The van der Waals surface area contributed by atoms with E-state index in [1.54, 1.807) is 6.92 Å². The third-order valence-corrected chi connectivity index (χ3v) is 2.48. The molecule has 0 aliphatic carbocycles. The monoisotopic (exact) mass is 318 g/mol. The topological polar surface area (TPSA) is 103 Å². The van der Waals surface area contributed by atoms with Crippen molar-refractivity contribution < 1.29 is 28.6 Å². The fourth-order valence-electron chi connectivity index (χ4n) is 1.27. The highest BCUT2D eigenvalue weighted by molar-refractivity contribution is 5.85. The number of rotatable bonds is 14. The smallest absolute Gasteiger partial charge is 0.246 e. The third-order valence-electron chi connectivity index (χ3n) is 2.48. The lowest BCUT2D eigenvalue weighted by Crippen LogP contribution is -2.39. The second-order valence-electron chi connectivity index (χ2n) is 4.32. The first-order chi connectivity index (χ1) is 10.6. The van der Waals surface area contributed by atoms with Crippen LogP contribution in [0.2, 0.25) is 0 Å². The molecular formula is C14H26N2O6. The Hall–Kier alpha value is -1.51. The van der Waals surface area contributed by atoms with Crippen LogP contribution in [0, 0.1) is 0 Å². The normalized spacial score (nSPS) is 10.3. The summed E-state index contributed by atoms with van der Waals surface area (Å²) in [6.45, 7) is 5.38. The van der Waals surface area contributed by atoms with Crippen molar-refractivity contribution in [1.82, 2.24) is 10.6 Å². The number of hydrogen-bond acceptors (Lipinski definition) is 6. The lowest BCUT2D eigenvalue weighted by atomic mass is 10.3. The van der Waals surface area contributed by atoms with Crippen LogP contribution in [0.5, 0.6) is 0 Å². The molecule has 0 fully saturated rings. The van der Waals surface area contributed by atoms with Gasteiger partial charge in [0.25, 0.3) is 0 Å². The van der Waals surface area contributed by atoms with E-state index in [0.717, 1.165) is 0 Å². The van der Waals surface area contributed by atoms with Crippen molar-refractivity contribution in [3.63, 3.8) is 0 Å². The minimum atomic E-state index is -0.364. The van der Waals surface area contributed by atoms with Gasteiger partial charge in [-0.2, -0.15) is 0 Å². The van der Waals surface area contributed by atoms with Crippen molar-refractivity contribution in [3.05, 3.63) is 0 Å². The first-order valence-electron chi connectivity index (χ1n) is 7.38. The van der Waals surface area contributed by atoms with Gasteiger partial charge in [-0.15, -0.1) is 0 Å². The lowest BCUT2D eigenvalue weighted by Gasteiger charge is -2.08. The van der Waals surface area contributed by atoms with Gasteiger partial charge in [-0.25, -0.2) is 0 Å². The van der Waals surface area contributed by atoms with E-state index in [1.807, 2.05) is 6.92 Å². The molecule has 8 heteroatoms. The molecule has 0 rings (SSSR count). The third kappa shape index (κ3) is 13.5. The van der Waals surface area contributed by atoms with E-state index < -0.39 is 0 Å². The Morgan fingerprint density at radius 1 is 0.818 bits per heavy atom. The minimum absolute atomic E-state index is 0.0166. The van der Waals surface area contributed by atoms with Gasteiger partial charge in [0, 0.05) is 19.6 Å². The van der Waals surface area contributed by atoms with Gasteiger partial charge in [0.15, 0.2) is 5.78 Å². The van der Waals surface area contributed by atoms with Crippen LogP contribution >= 0.6 is 0 Å². The number of nitrogens with one attached hydrogen (secondary N) is 2. The predicted molar refractivity (Wildman–Crippen MR) is 79.4 cm³/mol. The number of carbonyl (C=O) groups excluding carboxylic acids is 3. The minimum Gasteiger partial charge on any atom is -0.379 e. The average Bonchev–Trinajstić information content (AvgIpc) is 2.52. The molecular weight excluding hydrogens is 292 g/mol. The SMILES string of the molecule is CCOCCOCC(=O)NCC(=O)NCCOCC(=O)CC. The Bertz CT molecular complexity index is 335. The van der Waals surface area contributed by atoms with E-state index in [4.69, 9.17) is 14.2 Å². The maximum absolute atomic E-state index is 11.4. The second-order valence-corrected chi connectivity index (χ2v) is 4.32. The number of ether oxygens (including phenoxy) is 3. The number of ketones is 1. The van der Waals surface area contributed by atoms with Crippen LogP contribution in [0.15, 0.2) is 0 Å². The van der Waals surface area contributed by atoms with Crippen LogP contribution in [0.25, 0.3) is 0 Å². The summed E-state index contributed by atoms with van der Waals surface area (Å²) in [4.78, 5) is 33.7. The number of Topliss-reactive ketones (excluding diaryl/α,β-unsaturated/α-hetero) is 1. The summed E-state index contributed by atoms with van der Waals surface area (Å²) >= 11 is 0. The molecule has 0 unspecified atom stereocenters. The van der Waals surface area contributed by atoms with Gasteiger partial charge in [-0.05, 0) is 6.92 Å². The molecule has 2 N–H and O–H groups in total. The van der Waals surface area contributed by atoms with E-state index in [0.29, 0.717) is 26.2 Å². The molecule has 0 aromatic carbocycles. The second kappa shape index (κ2) is 14.4. The molecule has 0 aliphatic heterocycles. The molecule has 128 valence electrons. The predicted octanol–water partition coefficient (Wildman–Crippen LogP) is -0.732. The van der Waals surface area contributed by atoms with Crippen LogP contribution in [-0.4, -0.2) is 70.3 Å². The summed E-state index contributed by atoms with van der Waals surface area (Å²) in [5, 5.41) is 4.99. The van der Waals surface area contributed by atoms with Gasteiger partial charge >= 0.3 is 0 Å². The summed E-state index contributed by atoms with van der Waals surface area (Å²) in [5.74, 6) is -0.674. The Balaban J connectivity index is 3.44. The first-order valence-corrected chi connectivity index (χ1v) is 7.38. The van der Waals surface area contributed by atoms with Crippen LogP contribution in [0.3, 0.4) is 0 Å². The van der Waals surface area contributed by atoms with Crippen molar-refractivity contribution in [1.29, 1.82) is 0 Å². The standard InChI is InChI=1S/C14H26N2O6/c1-3-12(17)10-21-6-5-15-13(18)9-16-14(19)11-22-8-7-20-4-2/h3-11H2,1-2H3,(H,15,18)(H,16,19). The van der Waals surface area contributed by atoms with E-state index in [9.17, 15) is 14.4 Å². The zero-order valence-electron chi connectivity index (χ0n) is 13.3. The molecule has 0 bridgehead atoms. The summed E-state index contributed by atoms with van der Waals surface area (Å²) in [5.41, 5.74) is 0. The Morgan fingerprint density at radius 3 is 2.18 bits per heavy atom. The largest absolute Gasteiger partial charge is 0.379 e. The van der Waals surface area contributed by atoms with Gasteiger partial charge in [-0.1, -0.05) is 6.92 Å². The van der Waals surface area contributed by atoms with Gasteiger partial charge in [-0.3, -0.25) is 14.4 Å². The molecule has 0 spiro atoms. The first kappa shape index (κ1) is 20.5. The van der Waals surface area contributed by atoms with Gasteiger partial charge in [0.05, 0.1) is 26.4 Å². The molecule has 0 saturated carbocycles. The van der Waals surface area contributed by atoms with Crippen molar-refractivity contribution >= 4 is 17.6 Å². The number of amides is 2. The highest BCUT2D eigenvalue weighted by atomic mass is 16.5. The van der Waals surface area contributed by atoms with Gasteiger partial charge in [0.1, 0.15) is 13.2 Å². The van der Waals surface area contributed by atoms with Crippen LogP contribution in [0.4, 0.5) is 0 Å². The zero-order chi connectivity index (χ0) is 16.6. The van der Waals surface area contributed by atoms with Crippen LogP contribution in [-0.2, 0) is 28.6 Å². The summed E-state index contributed by atoms with van der Waals surface area (Å²) in [6, 6.07) is 0. The maximum Gasteiger partial charge on any atom is 0.246 e. The van der Waals surface area contributed by atoms with Crippen LogP contribution < -0.4 is 10.6 Å². The van der Waals surface area contributed by atoms with Gasteiger partial charge < -0.3 is 24.8 Å². The zero-order valence-corrected chi connectivity index (χ0v) is 13.3. The molecule has 0 saturated heterocycles. The quantitative estimate of drug-likeness (QED) is 0.409. The fourth-order valence-corrected chi connectivity index (χ4v) is 1.27. The fraction of sp³-hybridized carbons (Fsp3) is 0.786. The highest BCUT2D eigenvalue weighted by Gasteiger charge is 2.05. The average molecular weight is 318 g/mol. The van der Waals surface area contributed by atoms with Crippen molar-refractivity contribution in [3.8, 4) is 0 Å². The van der Waals surface area contributed by atoms with E-state index in [2.05, 4.69) is 10.6 Å². The van der Waals surface area contributed by atoms with E-state index in [1.165, 1.54) is 0 Å². The molecule has 0 radical (unpaired) electrons. The summed E-state index contributed by atoms with van der Waals surface area (Å²) in [7, 11) is 0. The van der Waals surface area contributed by atoms with E-state index in [-0.39, 0.29) is 50.5 Å². The van der Waals surface area contributed by atoms with Crippen molar-refractivity contribution in [2.45, 2.75) is 20.3 Å². The molecule has 0 aromatic heterocycles. The molecule has 0 atom stereocenters. The van der Waals surface area contributed by atoms with Gasteiger partial charge in [0.2, 0.25) is 11.8 Å². The lowest BCUT2D eigenvalue weighted by molar-refractivity contribution is -0.129. The molecule has 0 aromatic rings. The molecule has 0 aliphatic rings. The highest BCUT2D eigenvalue weighted by Crippen LogP contribution is 1.82. The Kier molecular flexibility index (Phi) is 13.4. The summed E-state index contributed by atoms with van der Waals surface area (Å²) in [6.07, 6.45) is 0.436. The van der Waals surface area contributed by atoms with E-state index >= 15 is 0 Å². The molecule has 0 heterocycles. The Labute approximate surface area is 130 Å². The van der Waals surface area contributed by atoms with Crippen LogP contribution in [0.1, 0.15) is 20.3 Å².